The van der Waals surface area contributed by atoms with Crippen LogP contribution in [0.2, 0.25) is 0 Å². The summed E-state index contributed by atoms with van der Waals surface area (Å²) < 4.78 is 47.2. The Hall–Kier alpha value is -2.91. The lowest BCUT2D eigenvalue weighted by molar-refractivity contribution is -0.120. The van der Waals surface area contributed by atoms with E-state index in [1.807, 2.05) is 39.0 Å². The van der Waals surface area contributed by atoms with Gasteiger partial charge in [0.25, 0.3) is 10.0 Å². The number of hydrogen-bond donors (Lipinski definition) is 1. The van der Waals surface area contributed by atoms with Gasteiger partial charge >= 0.3 is 0 Å². The predicted octanol–water partition coefficient (Wildman–Crippen LogP) is 4.81. The van der Waals surface area contributed by atoms with Crippen molar-refractivity contribution in [2.45, 2.75) is 43.0 Å². The van der Waals surface area contributed by atoms with Gasteiger partial charge in [-0.1, -0.05) is 23.8 Å². The maximum Gasteiger partial charge on any atom is 0.274 e. The second-order valence-electron chi connectivity index (χ2n) is 8.65. The molecule has 174 valence electrons. The number of fused-ring (bicyclic) bond motifs is 1. The molecule has 1 atom stereocenters. The van der Waals surface area contributed by atoms with Gasteiger partial charge in [-0.25, -0.2) is 12.8 Å². The van der Waals surface area contributed by atoms with Crippen LogP contribution in [0.5, 0.6) is 5.75 Å². The van der Waals surface area contributed by atoms with E-state index in [0.29, 0.717) is 12.2 Å². The maximum absolute atomic E-state index is 13.5. The number of sulfonamides is 1. The molecule has 3 aromatic rings. The topological polar surface area (TPSA) is 75.7 Å². The maximum atomic E-state index is 13.5. The van der Waals surface area contributed by atoms with E-state index in [-0.39, 0.29) is 15.9 Å². The average Bonchev–Trinajstić information content (AvgIpc) is 3.29. The fourth-order valence-electron chi connectivity index (χ4n) is 3.91. The quantitative estimate of drug-likeness (QED) is 0.540. The van der Waals surface area contributed by atoms with Crippen molar-refractivity contribution in [1.82, 2.24) is 5.32 Å². The molecule has 33 heavy (non-hydrogen) atoms. The summed E-state index contributed by atoms with van der Waals surface area (Å²) in [5.74, 6) is -0.258. The van der Waals surface area contributed by atoms with Gasteiger partial charge in [-0.2, -0.15) is 0 Å². The van der Waals surface area contributed by atoms with Crippen LogP contribution in [-0.4, -0.2) is 26.5 Å². The zero-order valence-corrected chi connectivity index (χ0v) is 20.2. The molecule has 6 nitrogen and oxygen atoms in total. The fraction of sp³-hybridized carbons (Fsp3) is 0.292. The molecule has 1 amide bonds. The SMILES string of the molecule is Cc1ccc2c(c1)C(NC(=O)CN(c1ccc(F)cc1)S(=O)(=O)c1cccs1)CC(C)(C)O2. The first-order valence-electron chi connectivity index (χ1n) is 10.5. The number of rotatable bonds is 6. The van der Waals surface area contributed by atoms with Crippen LogP contribution in [0.1, 0.15) is 37.4 Å². The lowest BCUT2D eigenvalue weighted by Gasteiger charge is -2.38. The monoisotopic (exact) mass is 488 g/mol. The number of carbonyl (C=O) groups is 1. The highest BCUT2D eigenvalue weighted by molar-refractivity contribution is 7.94. The molecule has 0 spiro atoms. The second-order valence-corrected chi connectivity index (χ2v) is 11.7. The van der Waals surface area contributed by atoms with Crippen molar-refractivity contribution in [2.24, 2.45) is 0 Å². The highest BCUT2D eigenvalue weighted by atomic mass is 32.2. The summed E-state index contributed by atoms with van der Waals surface area (Å²) in [7, 11) is -4.01. The summed E-state index contributed by atoms with van der Waals surface area (Å²) >= 11 is 1.06. The molecule has 0 radical (unpaired) electrons. The third-order valence-corrected chi connectivity index (χ3v) is 8.55. The first-order valence-corrected chi connectivity index (χ1v) is 12.8. The number of aryl methyl sites for hydroxylation is 1. The van der Waals surface area contributed by atoms with Gasteiger partial charge in [0.2, 0.25) is 5.91 Å². The molecule has 1 unspecified atom stereocenters. The summed E-state index contributed by atoms with van der Waals surface area (Å²) in [5.41, 5.74) is 1.60. The highest BCUT2D eigenvalue weighted by Crippen LogP contribution is 2.40. The zero-order chi connectivity index (χ0) is 23.8. The second kappa shape index (κ2) is 8.79. The Labute approximate surface area is 197 Å². The van der Waals surface area contributed by atoms with E-state index in [9.17, 15) is 17.6 Å². The van der Waals surface area contributed by atoms with Crippen LogP contribution < -0.4 is 14.4 Å². The minimum Gasteiger partial charge on any atom is -0.487 e. The van der Waals surface area contributed by atoms with Crippen molar-refractivity contribution in [2.75, 3.05) is 10.8 Å². The Kier molecular flexibility index (Phi) is 6.20. The number of benzene rings is 2. The van der Waals surface area contributed by atoms with Crippen molar-refractivity contribution in [1.29, 1.82) is 0 Å². The first kappa shape index (κ1) is 23.3. The molecule has 0 saturated heterocycles. The molecular formula is C24H25FN2O4S2. The third kappa shape index (κ3) is 5.04. The first-order chi connectivity index (χ1) is 15.5. The largest absolute Gasteiger partial charge is 0.487 e. The van der Waals surface area contributed by atoms with Gasteiger partial charge in [0.05, 0.1) is 11.7 Å². The van der Waals surface area contributed by atoms with Gasteiger partial charge in [-0.05, 0) is 62.5 Å². The van der Waals surface area contributed by atoms with Gasteiger partial charge in [0.1, 0.15) is 27.9 Å². The fourth-order valence-corrected chi connectivity index (χ4v) is 6.44. The Morgan fingerprint density at radius 3 is 2.61 bits per heavy atom. The summed E-state index contributed by atoms with van der Waals surface area (Å²) in [6.07, 6.45) is 0.531. The summed E-state index contributed by atoms with van der Waals surface area (Å²) in [6, 6.07) is 13.6. The molecule has 9 heteroatoms. The van der Waals surface area contributed by atoms with E-state index in [4.69, 9.17) is 4.74 Å². The number of carbonyl (C=O) groups excluding carboxylic acids is 1. The van der Waals surface area contributed by atoms with Gasteiger partial charge in [-0.3, -0.25) is 9.10 Å². The number of amides is 1. The van der Waals surface area contributed by atoms with Gasteiger partial charge in [-0.15, -0.1) is 11.3 Å². The van der Waals surface area contributed by atoms with Crippen molar-refractivity contribution in [3.8, 4) is 5.75 Å². The molecule has 4 rings (SSSR count). The number of ether oxygens (including phenoxy) is 1. The molecule has 2 aromatic carbocycles. The minimum absolute atomic E-state index is 0.104. The van der Waals surface area contributed by atoms with E-state index in [2.05, 4.69) is 5.32 Å². The van der Waals surface area contributed by atoms with E-state index in [1.54, 1.807) is 11.4 Å². The molecule has 1 aromatic heterocycles. The van der Waals surface area contributed by atoms with Crippen LogP contribution in [0.25, 0.3) is 0 Å². The number of halogens is 1. The normalized spacial score (nSPS) is 17.0. The Morgan fingerprint density at radius 2 is 1.94 bits per heavy atom. The Balaban J connectivity index is 1.63. The third-order valence-electron chi connectivity index (χ3n) is 5.40. The van der Waals surface area contributed by atoms with Crippen molar-refractivity contribution < 1.29 is 22.3 Å². The van der Waals surface area contributed by atoms with Crippen LogP contribution in [0, 0.1) is 12.7 Å². The molecule has 0 bridgehead atoms. The van der Waals surface area contributed by atoms with E-state index >= 15 is 0 Å². The predicted molar refractivity (Wildman–Crippen MR) is 127 cm³/mol. The van der Waals surface area contributed by atoms with Crippen LogP contribution in [-0.2, 0) is 14.8 Å². The van der Waals surface area contributed by atoms with Gasteiger partial charge in [0.15, 0.2) is 0 Å². The molecule has 1 N–H and O–H groups in total. The Morgan fingerprint density at radius 1 is 1.21 bits per heavy atom. The molecule has 2 heterocycles. The number of nitrogens with zero attached hydrogens (tertiary/aromatic N) is 1. The summed E-state index contributed by atoms with van der Waals surface area (Å²) in [5, 5.41) is 4.64. The van der Waals surface area contributed by atoms with Crippen molar-refractivity contribution >= 4 is 33.0 Å². The lowest BCUT2D eigenvalue weighted by Crippen LogP contribution is -2.45. The molecular weight excluding hydrogens is 463 g/mol. The molecule has 1 aliphatic heterocycles. The smallest absolute Gasteiger partial charge is 0.274 e. The number of nitrogens with one attached hydrogen (secondary N) is 1. The number of anilines is 1. The van der Waals surface area contributed by atoms with Crippen molar-refractivity contribution in [3.63, 3.8) is 0 Å². The molecule has 0 saturated carbocycles. The molecule has 1 aliphatic rings. The van der Waals surface area contributed by atoms with Crippen LogP contribution >= 0.6 is 11.3 Å². The molecule has 0 fully saturated rings. The minimum atomic E-state index is -4.01. The van der Waals surface area contributed by atoms with Crippen LogP contribution in [0.4, 0.5) is 10.1 Å². The van der Waals surface area contributed by atoms with E-state index in [0.717, 1.165) is 26.8 Å². The van der Waals surface area contributed by atoms with Crippen molar-refractivity contribution in [3.05, 3.63) is 76.9 Å². The van der Waals surface area contributed by atoms with E-state index < -0.39 is 33.9 Å². The Bertz CT molecular complexity index is 1260. The number of hydrogen-bond acceptors (Lipinski definition) is 5. The highest BCUT2D eigenvalue weighted by Gasteiger charge is 2.35. The summed E-state index contributed by atoms with van der Waals surface area (Å²) in [6.45, 7) is 5.41. The zero-order valence-electron chi connectivity index (χ0n) is 18.5. The van der Waals surface area contributed by atoms with Gasteiger partial charge < -0.3 is 10.1 Å². The average molecular weight is 489 g/mol. The van der Waals surface area contributed by atoms with Crippen LogP contribution in [0.15, 0.2) is 64.2 Å². The number of thiophene rings is 1. The molecule has 0 aliphatic carbocycles. The van der Waals surface area contributed by atoms with Gasteiger partial charge in [0, 0.05) is 12.0 Å². The standard InChI is InChI=1S/C24H25FN2O4S2/c1-16-6-11-21-19(13-16)20(14-24(2,3)31-21)26-22(28)15-27(18-9-7-17(25)8-10-18)33(29,30)23-5-4-12-32-23/h4-13,20H,14-15H2,1-3H3,(H,26,28). The lowest BCUT2D eigenvalue weighted by atomic mass is 9.89. The van der Waals surface area contributed by atoms with Crippen LogP contribution in [0.3, 0.4) is 0 Å². The van der Waals surface area contributed by atoms with E-state index in [1.165, 1.54) is 30.3 Å². The summed E-state index contributed by atoms with van der Waals surface area (Å²) in [4.78, 5) is 13.2.